The Kier molecular flexibility index (Phi) is 7.15. The van der Waals surface area contributed by atoms with E-state index in [0.717, 1.165) is 32.5 Å². The molecule has 14 heavy (non-hydrogen) atoms. The third kappa shape index (κ3) is 8.48. The molecule has 3 nitrogen and oxygen atoms in total. The van der Waals surface area contributed by atoms with Gasteiger partial charge >= 0.3 is 0 Å². The second kappa shape index (κ2) is 7.21. The van der Waals surface area contributed by atoms with Crippen LogP contribution in [0.25, 0.3) is 0 Å². The molecule has 0 saturated carbocycles. The largest absolute Gasteiger partial charge is 0.396 e. The van der Waals surface area contributed by atoms with Crippen LogP contribution in [0, 0.1) is 5.41 Å². The van der Waals surface area contributed by atoms with Crippen molar-refractivity contribution in [2.75, 3.05) is 40.3 Å². The minimum Gasteiger partial charge on any atom is -0.396 e. The van der Waals surface area contributed by atoms with Gasteiger partial charge in [0.25, 0.3) is 0 Å². The quantitative estimate of drug-likeness (QED) is 0.575. The fourth-order valence-corrected chi connectivity index (χ4v) is 1.38. The summed E-state index contributed by atoms with van der Waals surface area (Å²) in [5, 5.41) is 12.2. The Bertz CT molecular complexity index is 135. The summed E-state index contributed by atoms with van der Waals surface area (Å²) >= 11 is 0. The van der Waals surface area contributed by atoms with Crippen LogP contribution in [-0.4, -0.2) is 50.3 Å². The van der Waals surface area contributed by atoms with Crippen molar-refractivity contribution in [3.8, 4) is 0 Å². The van der Waals surface area contributed by atoms with Gasteiger partial charge in [-0.1, -0.05) is 13.8 Å². The fraction of sp³-hybridized carbons (Fsp3) is 1.00. The molecule has 0 fully saturated rings. The summed E-state index contributed by atoms with van der Waals surface area (Å²) in [7, 11) is 4.16. The van der Waals surface area contributed by atoms with Gasteiger partial charge < -0.3 is 15.3 Å². The lowest BCUT2D eigenvalue weighted by atomic mass is 9.88. The molecule has 0 rings (SSSR count). The molecule has 3 heteroatoms. The number of nitrogens with one attached hydrogen (secondary N) is 1. The summed E-state index contributed by atoms with van der Waals surface area (Å²) in [5.74, 6) is 0. The third-order valence-electron chi connectivity index (χ3n) is 2.35. The first-order valence-electron chi connectivity index (χ1n) is 5.44. The Morgan fingerprint density at radius 2 is 1.93 bits per heavy atom. The van der Waals surface area contributed by atoms with E-state index in [9.17, 15) is 0 Å². The van der Waals surface area contributed by atoms with Crippen molar-refractivity contribution in [3.63, 3.8) is 0 Å². The van der Waals surface area contributed by atoms with Crippen molar-refractivity contribution in [2.45, 2.75) is 26.7 Å². The SMILES string of the molecule is CN(C)CCNCC(C)(C)CCCO. The summed E-state index contributed by atoms with van der Waals surface area (Å²) in [6, 6.07) is 0. The maximum absolute atomic E-state index is 8.75. The average Bonchev–Trinajstić information content (AvgIpc) is 2.09. The molecule has 0 aromatic rings. The molecule has 0 bridgehead atoms. The van der Waals surface area contributed by atoms with Crippen molar-refractivity contribution >= 4 is 0 Å². The molecule has 2 N–H and O–H groups in total. The van der Waals surface area contributed by atoms with E-state index in [0.29, 0.717) is 12.0 Å². The Hall–Kier alpha value is -0.120. The van der Waals surface area contributed by atoms with E-state index in [1.165, 1.54) is 0 Å². The van der Waals surface area contributed by atoms with Gasteiger partial charge in [0.05, 0.1) is 0 Å². The van der Waals surface area contributed by atoms with Gasteiger partial charge in [-0.15, -0.1) is 0 Å². The number of rotatable bonds is 8. The lowest BCUT2D eigenvalue weighted by molar-refractivity contribution is 0.235. The molecular weight excluding hydrogens is 176 g/mol. The van der Waals surface area contributed by atoms with Crippen LogP contribution in [0.3, 0.4) is 0 Å². The van der Waals surface area contributed by atoms with Crippen LogP contribution in [0.4, 0.5) is 0 Å². The second-order valence-electron chi connectivity index (χ2n) is 4.97. The van der Waals surface area contributed by atoms with Crippen LogP contribution in [-0.2, 0) is 0 Å². The minimum absolute atomic E-state index is 0.301. The summed E-state index contributed by atoms with van der Waals surface area (Å²) in [4.78, 5) is 2.17. The van der Waals surface area contributed by atoms with Crippen LogP contribution >= 0.6 is 0 Å². The van der Waals surface area contributed by atoms with Gasteiger partial charge in [0.2, 0.25) is 0 Å². The van der Waals surface area contributed by atoms with Crippen LogP contribution in [0.15, 0.2) is 0 Å². The van der Waals surface area contributed by atoms with Crippen molar-refractivity contribution in [2.24, 2.45) is 5.41 Å². The number of hydrogen-bond donors (Lipinski definition) is 2. The van der Waals surface area contributed by atoms with Crippen LogP contribution in [0.5, 0.6) is 0 Å². The van der Waals surface area contributed by atoms with Gasteiger partial charge in [-0.3, -0.25) is 0 Å². The highest BCUT2D eigenvalue weighted by Crippen LogP contribution is 2.20. The normalized spacial score (nSPS) is 12.4. The first-order valence-corrected chi connectivity index (χ1v) is 5.44. The van der Waals surface area contributed by atoms with Gasteiger partial charge in [0.1, 0.15) is 0 Å². The van der Waals surface area contributed by atoms with Crippen molar-refractivity contribution < 1.29 is 5.11 Å². The molecule has 86 valence electrons. The van der Waals surface area contributed by atoms with E-state index in [1.54, 1.807) is 0 Å². The fourth-order valence-electron chi connectivity index (χ4n) is 1.38. The molecule has 0 unspecified atom stereocenters. The highest BCUT2D eigenvalue weighted by molar-refractivity contribution is 4.71. The lowest BCUT2D eigenvalue weighted by Gasteiger charge is -2.25. The number of nitrogens with zero attached hydrogens (tertiary/aromatic N) is 1. The zero-order valence-electron chi connectivity index (χ0n) is 10.1. The minimum atomic E-state index is 0.301. The van der Waals surface area contributed by atoms with E-state index < -0.39 is 0 Å². The van der Waals surface area contributed by atoms with Crippen LogP contribution in [0.2, 0.25) is 0 Å². The number of aliphatic hydroxyl groups excluding tert-OH is 1. The summed E-state index contributed by atoms with van der Waals surface area (Å²) < 4.78 is 0. The summed E-state index contributed by atoms with van der Waals surface area (Å²) in [5.41, 5.74) is 0.301. The number of likely N-dealkylation sites (N-methyl/N-ethyl adjacent to an activating group) is 1. The Balaban J connectivity index is 3.44. The molecule has 0 atom stereocenters. The van der Waals surface area contributed by atoms with E-state index in [2.05, 4.69) is 38.2 Å². The van der Waals surface area contributed by atoms with Gasteiger partial charge in [0.15, 0.2) is 0 Å². The Morgan fingerprint density at radius 1 is 1.29 bits per heavy atom. The smallest absolute Gasteiger partial charge is 0.0431 e. The molecule has 0 aromatic heterocycles. The summed E-state index contributed by atoms with van der Waals surface area (Å²) in [6.45, 7) is 7.93. The average molecular weight is 202 g/mol. The van der Waals surface area contributed by atoms with Gasteiger partial charge in [0, 0.05) is 26.2 Å². The van der Waals surface area contributed by atoms with E-state index in [1.807, 2.05) is 0 Å². The van der Waals surface area contributed by atoms with Crippen molar-refractivity contribution in [3.05, 3.63) is 0 Å². The standard InChI is InChI=1S/C11H26N2O/c1-11(2,6-5-9-14)10-12-7-8-13(3)4/h12,14H,5-10H2,1-4H3. The summed E-state index contributed by atoms with van der Waals surface area (Å²) in [6.07, 6.45) is 1.99. The van der Waals surface area contributed by atoms with Crippen LogP contribution in [0.1, 0.15) is 26.7 Å². The Morgan fingerprint density at radius 3 is 2.43 bits per heavy atom. The first kappa shape index (κ1) is 13.9. The maximum atomic E-state index is 8.75. The third-order valence-corrected chi connectivity index (χ3v) is 2.35. The number of hydrogen-bond acceptors (Lipinski definition) is 3. The van der Waals surface area contributed by atoms with Gasteiger partial charge in [-0.05, 0) is 32.4 Å². The second-order valence-corrected chi connectivity index (χ2v) is 4.97. The van der Waals surface area contributed by atoms with Crippen LogP contribution < -0.4 is 5.32 Å². The molecule has 0 amide bonds. The molecule has 0 aliphatic heterocycles. The molecule has 0 heterocycles. The highest BCUT2D eigenvalue weighted by atomic mass is 16.2. The molecule has 0 spiro atoms. The zero-order chi connectivity index (χ0) is 11.0. The molecule has 0 aromatic carbocycles. The van der Waals surface area contributed by atoms with Crippen molar-refractivity contribution in [1.29, 1.82) is 0 Å². The lowest BCUT2D eigenvalue weighted by Crippen LogP contribution is -2.34. The van der Waals surface area contributed by atoms with Crippen molar-refractivity contribution in [1.82, 2.24) is 10.2 Å². The zero-order valence-corrected chi connectivity index (χ0v) is 10.1. The molecule has 0 aliphatic carbocycles. The maximum Gasteiger partial charge on any atom is 0.0431 e. The monoisotopic (exact) mass is 202 g/mol. The van der Waals surface area contributed by atoms with Gasteiger partial charge in [-0.25, -0.2) is 0 Å². The predicted molar refractivity (Wildman–Crippen MR) is 61.5 cm³/mol. The highest BCUT2D eigenvalue weighted by Gasteiger charge is 2.16. The molecule has 0 saturated heterocycles. The van der Waals surface area contributed by atoms with Gasteiger partial charge in [-0.2, -0.15) is 0 Å². The van der Waals surface area contributed by atoms with E-state index in [-0.39, 0.29) is 0 Å². The first-order chi connectivity index (χ1) is 6.48. The van der Waals surface area contributed by atoms with E-state index >= 15 is 0 Å². The van der Waals surface area contributed by atoms with E-state index in [4.69, 9.17) is 5.11 Å². The Labute approximate surface area is 88.5 Å². The molecule has 0 aliphatic rings. The topological polar surface area (TPSA) is 35.5 Å². The predicted octanol–water partition coefficient (Wildman–Crippen LogP) is 0.936. The number of aliphatic hydroxyl groups is 1. The molecular formula is C11H26N2O. The molecule has 0 radical (unpaired) electrons.